The predicted molar refractivity (Wildman–Crippen MR) is 72.5 cm³/mol. The lowest BCUT2D eigenvalue weighted by Gasteiger charge is -1.95. The largest absolute Gasteiger partial charge is 0.464 e. The summed E-state index contributed by atoms with van der Waals surface area (Å²) in [5.74, 6) is -0.132. The van der Waals surface area contributed by atoms with Crippen LogP contribution in [0.4, 0.5) is 0 Å². The quantitative estimate of drug-likeness (QED) is 0.633. The Labute approximate surface area is 107 Å². The monoisotopic (exact) mass is 261 g/mol. The van der Waals surface area contributed by atoms with E-state index in [9.17, 15) is 4.79 Å². The van der Waals surface area contributed by atoms with Crippen LogP contribution in [0, 0.1) is 0 Å². The Morgan fingerprint density at radius 1 is 1.35 bits per heavy atom. The molecule has 3 nitrogen and oxygen atoms in total. The molecular weight excluding hydrogens is 254 g/mol. The summed E-state index contributed by atoms with van der Waals surface area (Å²) in [5.41, 5.74) is 1.80. The number of carbonyl (C=O) groups is 1. The molecular formula is C12H7NO2S2. The van der Waals surface area contributed by atoms with Crippen molar-refractivity contribution in [3.05, 3.63) is 41.0 Å². The highest BCUT2D eigenvalue weighted by molar-refractivity contribution is 8.26. The number of fused-ring (bicyclic) bond motifs is 1. The van der Waals surface area contributed by atoms with E-state index in [0.717, 1.165) is 16.5 Å². The first-order chi connectivity index (χ1) is 8.22. The Bertz CT molecular complexity index is 657. The van der Waals surface area contributed by atoms with Gasteiger partial charge in [-0.1, -0.05) is 30.0 Å². The summed E-state index contributed by atoms with van der Waals surface area (Å²) < 4.78 is 5.76. The van der Waals surface area contributed by atoms with Gasteiger partial charge in [0.05, 0.1) is 11.2 Å². The van der Waals surface area contributed by atoms with E-state index in [-0.39, 0.29) is 5.91 Å². The van der Waals surface area contributed by atoms with Crippen molar-refractivity contribution in [2.75, 3.05) is 0 Å². The first-order valence-electron chi connectivity index (χ1n) is 4.94. The molecule has 1 aliphatic heterocycles. The van der Waals surface area contributed by atoms with Crippen molar-refractivity contribution in [1.29, 1.82) is 0 Å². The molecule has 1 N–H and O–H groups in total. The summed E-state index contributed by atoms with van der Waals surface area (Å²) in [6, 6.07) is 7.66. The SMILES string of the molecule is O=C1NC(=S)SC1=Cc1ccc2occc2c1. The van der Waals surface area contributed by atoms with Gasteiger partial charge in [0.15, 0.2) is 0 Å². The van der Waals surface area contributed by atoms with Crippen LogP contribution in [0.5, 0.6) is 0 Å². The van der Waals surface area contributed by atoms with Crippen LogP contribution < -0.4 is 5.32 Å². The molecule has 0 radical (unpaired) electrons. The molecule has 0 atom stereocenters. The minimum atomic E-state index is -0.132. The third-order valence-electron chi connectivity index (χ3n) is 2.42. The second-order valence-electron chi connectivity index (χ2n) is 3.57. The minimum Gasteiger partial charge on any atom is -0.464 e. The van der Waals surface area contributed by atoms with Crippen LogP contribution in [0.3, 0.4) is 0 Å². The molecule has 0 unspecified atom stereocenters. The molecule has 1 saturated heterocycles. The van der Waals surface area contributed by atoms with Crippen molar-refractivity contribution >= 4 is 51.3 Å². The molecule has 0 aliphatic carbocycles. The van der Waals surface area contributed by atoms with E-state index < -0.39 is 0 Å². The number of benzene rings is 1. The minimum absolute atomic E-state index is 0.132. The van der Waals surface area contributed by atoms with E-state index in [1.165, 1.54) is 11.8 Å². The Hall–Kier alpha value is -1.59. The van der Waals surface area contributed by atoms with Gasteiger partial charge in [-0.15, -0.1) is 0 Å². The number of thioether (sulfide) groups is 1. The van der Waals surface area contributed by atoms with Gasteiger partial charge < -0.3 is 9.73 Å². The number of nitrogens with one attached hydrogen (secondary N) is 1. The van der Waals surface area contributed by atoms with Crippen molar-refractivity contribution in [3.63, 3.8) is 0 Å². The zero-order chi connectivity index (χ0) is 11.8. The maximum absolute atomic E-state index is 11.5. The van der Waals surface area contributed by atoms with Gasteiger partial charge in [0.1, 0.15) is 9.90 Å². The van der Waals surface area contributed by atoms with Crippen LogP contribution in [0.15, 0.2) is 39.9 Å². The van der Waals surface area contributed by atoms with Gasteiger partial charge >= 0.3 is 0 Å². The van der Waals surface area contributed by atoms with Gasteiger partial charge in [0, 0.05) is 5.39 Å². The predicted octanol–water partition coefficient (Wildman–Crippen LogP) is 2.92. The molecule has 1 aliphatic rings. The fourth-order valence-corrected chi connectivity index (χ4v) is 2.69. The molecule has 1 aromatic carbocycles. The number of amides is 1. The molecule has 1 fully saturated rings. The first kappa shape index (κ1) is 10.6. The number of hydrogen-bond donors (Lipinski definition) is 1. The summed E-state index contributed by atoms with van der Waals surface area (Å²) in [6.07, 6.45) is 3.47. The van der Waals surface area contributed by atoms with Crippen molar-refractivity contribution in [2.45, 2.75) is 0 Å². The van der Waals surface area contributed by atoms with Crippen LogP contribution >= 0.6 is 24.0 Å². The van der Waals surface area contributed by atoms with E-state index >= 15 is 0 Å². The Kier molecular flexibility index (Phi) is 2.49. The molecule has 1 aromatic heterocycles. The first-order valence-corrected chi connectivity index (χ1v) is 6.17. The smallest absolute Gasteiger partial charge is 0.263 e. The van der Waals surface area contributed by atoms with Gasteiger partial charge in [-0.3, -0.25) is 4.79 Å². The second-order valence-corrected chi connectivity index (χ2v) is 5.29. The van der Waals surface area contributed by atoms with Gasteiger partial charge in [-0.25, -0.2) is 0 Å². The average molecular weight is 261 g/mol. The lowest BCUT2D eigenvalue weighted by molar-refractivity contribution is -0.115. The summed E-state index contributed by atoms with van der Waals surface area (Å²) in [4.78, 5) is 12.1. The average Bonchev–Trinajstić information content (AvgIpc) is 2.85. The summed E-state index contributed by atoms with van der Waals surface area (Å²) >= 11 is 6.21. The Morgan fingerprint density at radius 3 is 3.00 bits per heavy atom. The van der Waals surface area contributed by atoms with Gasteiger partial charge in [-0.2, -0.15) is 0 Å². The van der Waals surface area contributed by atoms with Crippen LogP contribution in [-0.2, 0) is 4.79 Å². The topological polar surface area (TPSA) is 42.2 Å². The molecule has 0 spiro atoms. The fraction of sp³-hybridized carbons (Fsp3) is 0. The summed E-state index contributed by atoms with van der Waals surface area (Å²) in [7, 11) is 0. The standard InChI is InChI=1S/C12H7NO2S2/c14-11-10(17-12(16)13-11)6-7-1-2-9-8(5-7)3-4-15-9/h1-6H,(H,13,14,16). The lowest BCUT2D eigenvalue weighted by atomic mass is 10.1. The Balaban J connectivity index is 2.01. The highest BCUT2D eigenvalue weighted by Crippen LogP contribution is 2.27. The number of thiocarbonyl (C=S) groups is 1. The fourth-order valence-electron chi connectivity index (χ4n) is 1.65. The highest BCUT2D eigenvalue weighted by Gasteiger charge is 2.21. The molecule has 17 heavy (non-hydrogen) atoms. The third-order valence-corrected chi connectivity index (χ3v) is 3.58. The number of carbonyl (C=O) groups excluding carboxylic acids is 1. The van der Waals surface area contributed by atoms with E-state index in [1.54, 1.807) is 6.26 Å². The van der Waals surface area contributed by atoms with Crippen LogP contribution in [0.25, 0.3) is 17.0 Å². The normalized spacial score (nSPS) is 18.0. The number of hydrogen-bond acceptors (Lipinski definition) is 4. The van der Waals surface area contributed by atoms with E-state index in [4.69, 9.17) is 16.6 Å². The highest BCUT2D eigenvalue weighted by atomic mass is 32.2. The zero-order valence-electron chi connectivity index (χ0n) is 8.60. The molecule has 5 heteroatoms. The van der Waals surface area contributed by atoms with Gasteiger partial charge in [0.2, 0.25) is 0 Å². The van der Waals surface area contributed by atoms with Crippen LogP contribution in [-0.4, -0.2) is 10.2 Å². The molecule has 3 rings (SSSR count). The number of rotatable bonds is 1. The van der Waals surface area contributed by atoms with Crippen LogP contribution in [0.1, 0.15) is 5.56 Å². The van der Waals surface area contributed by atoms with E-state index in [1.807, 2.05) is 30.3 Å². The van der Waals surface area contributed by atoms with Crippen molar-refractivity contribution in [1.82, 2.24) is 5.32 Å². The zero-order valence-corrected chi connectivity index (χ0v) is 10.2. The van der Waals surface area contributed by atoms with Gasteiger partial charge in [-0.05, 0) is 29.8 Å². The maximum Gasteiger partial charge on any atom is 0.263 e. The Morgan fingerprint density at radius 2 is 2.24 bits per heavy atom. The lowest BCUT2D eigenvalue weighted by Crippen LogP contribution is -2.17. The molecule has 2 heterocycles. The molecule has 2 aromatic rings. The van der Waals surface area contributed by atoms with E-state index in [2.05, 4.69) is 5.32 Å². The second kappa shape index (κ2) is 4.01. The maximum atomic E-state index is 11.5. The summed E-state index contributed by atoms with van der Waals surface area (Å²) in [5, 5.41) is 3.61. The molecule has 1 amide bonds. The molecule has 84 valence electrons. The van der Waals surface area contributed by atoms with E-state index in [0.29, 0.717) is 9.23 Å². The van der Waals surface area contributed by atoms with Crippen LogP contribution in [0.2, 0.25) is 0 Å². The molecule has 0 saturated carbocycles. The third kappa shape index (κ3) is 1.99. The molecule has 0 bridgehead atoms. The van der Waals surface area contributed by atoms with Gasteiger partial charge in [0.25, 0.3) is 5.91 Å². The van der Waals surface area contributed by atoms with Crippen molar-refractivity contribution in [3.8, 4) is 0 Å². The van der Waals surface area contributed by atoms with Crippen molar-refractivity contribution < 1.29 is 9.21 Å². The van der Waals surface area contributed by atoms with Crippen molar-refractivity contribution in [2.24, 2.45) is 0 Å². The summed E-state index contributed by atoms with van der Waals surface area (Å²) in [6.45, 7) is 0. The number of furan rings is 1.